The molecule has 0 saturated carbocycles. The normalized spacial score (nSPS) is 12.8. The summed E-state index contributed by atoms with van der Waals surface area (Å²) in [5.74, 6) is 5.68. The molecule has 1 heterocycles. The molecule has 0 saturated heterocycles. The van der Waals surface area contributed by atoms with Gasteiger partial charge in [0.05, 0.1) is 5.69 Å². The first-order valence-electron chi connectivity index (χ1n) is 7.73. The van der Waals surface area contributed by atoms with Gasteiger partial charge in [0.25, 0.3) is 0 Å². The molecule has 1 unspecified atom stereocenters. The van der Waals surface area contributed by atoms with Crippen molar-refractivity contribution < 1.29 is 0 Å². The van der Waals surface area contributed by atoms with Gasteiger partial charge in [-0.1, -0.05) is 30.3 Å². The minimum Gasteiger partial charge on any atom is -0.271 e. The summed E-state index contributed by atoms with van der Waals surface area (Å²) in [7, 11) is 0. The van der Waals surface area contributed by atoms with Crippen LogP contribution < -0.4 is 11.3 Å². The number of aromatic nitrogens is 2. The molecular weight excluding hydrogens is 260 g/mol. The lowest BCUT2D eigenvalue weighted by Crippen LogP contribution is -2.37. The third-order valence-corrected chi connectivity index (χ3v) is 3.74. The summed E-state index contributed by atoms with van der Waals surface area (Å²) >= 11 is 0. The standard InChI is InChI=1S/C17H26N4/c1-14(2)21-12-11-17(20-21)13-16(19-18)10-6-9-15-7-4-3-5-8-15/h3-5,7-8,11-12,14,16,19H,6,9-10,13,18H2,1-2H3. The first-order chi connectivity index (χ1) is 10.2. The summed E-state index contributed by atoms with van der Waals surface area (Å²) in [5.41, 5.74) is 5.42. The van der Waals surface area contributed by atoms with E-state index in [-0.39, 0.29) is 6.04 Å². The molecule has 2 aromatic rings. The Bertz CT molecular complexity index is 519. The van der Waals surface area contributed by atoms with Gasteiger partial charge in [-0.05, 0) is 44.7 Å². The first-order valence-corrected chi connectivity index (χ1v) is 7.73. The number of nitrogens with two attached hydrogens (primary N) is 1. The first kappa shape index (κ1) is 15.7. The second-order valence-corrected chi connectivity index (χ2v) is 5.83. The molecule has 0 fully saturated rings. The lowest BCUT2D eigenvalue weighted by atomic mass is 10.0. The van der Waals surface area contributed by atoms with Gasteiger partial charge in [0.2, 0.25) is 0 Å². The summed E-state index contributed by atoms with van der Waals surface area (Å²) in [4.78, 5) is 0. The molecule has 1 atom stereocenters. The summed E-state index contributed by atoms with van der Waals surface area (Å²) in [6, 6.07) is 13.4. The Morgan fingerprint density at radius 3 is 2.57 bits per heavy atom. The van der Waals surface area contributed by atoms with E-state index in [4.69, 9.17) is 5.84 Å². The average molecular weight is 286 g/mol. The second kappa shape index (κ2) is 7.96. The largest absolute Gasteiger partial charge is 0.271 e. The molecule has 0 spiro atoms. The van der Waals surface area contributed by atoms with E-state index in [1.807, 2.05) is 10.9 Å². The zero-order valence-electron chi connectivity index (χ0n) is 13.0. The van der Waals surface area contributed by atoms with E-state index in [1.54, 1.807) is 0 Å². The van der Waals surface area contributed by atoms with E-state index in [2.05, 4.69) is 60.8 Å². The van der Waals surface area contributed by atoms with Gasteiger partial charge in [-0.3, -0.25) is 16.0 Å². The van der Waals surface area contributed by atoms with Crippen molar-refractivity contribution in [2.75, 3.05) is 0 Å². The Morgan fingerprint density at radius 1 is 1.19 bits per heavy atom. The summed E-state index contributed by atoms with van der Waals surface area (Å²) in [6.07, 6.45) is 6.20. The molecule has 114 valence electrons. The molecule has 0 bridgehead atoms. The number of nitrogens with one attached hydrogen (secondary N) is 1. The predicted molar refractivity (Wildman–Crippen MR) is 86.8 cm³/mol. The molecule has 0 radical (unpaired) electrons. The third kappa shape index (κ3) is 4.99. The Labute approximate surface area is 127 Å². The summed E-state index contributed by atoms with van der Waals surface area (Å²) in [5, 5.41) is 4.58. The number of nitrogens with zero attached hydrogens (tertiary/aromatic N) is 2. The van der Waals surface area contributed by atoms with Gasteiger partial charge in [-0.15, -0.1) is 0 Å². The number of aryl methyl sites for hydroxylation is 1. The van der Waals surface area contributed by atoms with E-state index in [1.165, 1.54) is 5.56 Å². The number of hydrogen-bond acceptors (Lipinski definition) is 3. The number of benzene rings is 1. The molecule has 0 aliphatic carbocycles. The Balaban J connectivity index is 1.79. The summed E-state index contributed by atoms with van der Waals surface area (Å²) in [6.45, 7) is 4.27. The third-order valence-electron chi connectivity index (χ3n) is 3.74. The van der Waals surface area contributed by atoms with Crippen LogP contribution in [0.5, 0.6) is 0 Å². The fourth-order valence-electron chi connectivity index (χ4n) is 2.47. The van der Waals surface area contributed by atoms with Crippen molar-refractivity contribution in [1.82, 2.24) is 15.2 Å². The van der Waals surface area contributed by atoms with Crippen molar-refractivity contribution in [3.05, 3.63) is 53.9 Å². The zero-order chi connectivity index (χ0) is 15.1. The van der Waals surface area contributed by atoms with Crippen LogP contribution in [-0.4, -0.2) is 15.8 Å². The van der Waals surface area contributed by atoms with Gasteiger partial charge in [-0.2, -0.15) is 5.10 Å². The van der Waals surface area contributed by atoms with Crippen LogP contribution in [-0.2, 0) is 12.8 Å². The molecular formula is C17H26N4. The van der Waals surface area contributed by atoms with Crippen LogP contribution in [0.3, 0.4) is 0 Å². The van der Waals surface area contributed by atoms with Crippen molar-refractivity contribution in [1.29, 1.82) is 0 Å². The van der Waals surface area contributed by atoms with E-state index in [0.29, 0.717) is 6.04 Å². The van der Waals surface area contributed by atoms with Crippen LogP contribution in [0.1, 0.15) is 44.0 Å². The molecule has 2 rings (SSSR count). The predicted octanol–water partition coefficient (Wildman–Crippen LogP) is 2.86. The lowest BCUT2D eigenvalue weighted by molar-refractivity contribution is 0.463. The monoisotopic (exact) mass is 286 g/mol. The molecule has 21 heavy (non-hydrogen) atoms. The highest BCUT2D eigenvalue weighted by molar-refractivity contribution is 5.14. The number of hydrazine groups is 1. The second-order valence-electron chi connectivity index (χ2n) is 5.83. The van der Waals surface area contributed by atoms with E-state index in [9.17, 15) is 0 Å². The van der Waals surface area contributed by atoms with Crippen LogP contribution >= 0.6 is 0 Å². The van der Waals surface area contributed by atoms with Crippen molar-refractivity contribution in [3.63, 3.8) is 0 Å². The van der Waals surface area contributed by atoms with Crippen LogP contribution in [0.2, 0.25) is 0 Å². The molecule has 1 aromatic carbocycles. The zero-order valence-corrected chi connectivity index (χ0v) is 13.0. The van der Waals surface area contributed by atoms with Crippen molar-refractivity contribution >= 4 is 0 Å². The quantitative estimate of drug-likeness (QED) is 0.579. The molecule has 0 amide bonds. The van der Waals surface area contributed by atoms with Gasteiger partial charge in [0.1, 0.15) is 0 Å². The molecule has 0 aliphatic rings. The SMILES string of the molecule is CC(C)n1ccc(CC(CCCc2ccccc2)NN)n1. The highest BCUT2D eigenvalue weighted by Gasteiger charge is 2.10. The van der Waals surface area contributed by atoms with Crippen LogP contribution in [0.4, 0.5) is 0 Å². The van der Waals surface area contributed by atoms with Gasteiger partial charge < -0.3 is 0 Å². The van der Waals surface area contributed by atoms with Crippen molar-refractivity contribution in [2.24, 2.45) is 5.84 Å². The number of hydrogen-bond donors (Lipinski definition) is 2. The molecule has 4 nitrogen and oxygen atoms in total. The highest BCUT2D eigenvalue weighted by Crippen LogP contribution is 2.11. The Kier molecular flexibility index (Phi) is 5.96. The van der Waals surface area contributed by atoms with Gasteiger partial charge in [0.15, 0.2) is 0 Å². The van der Waals surface area contributed by atoms with Gasteiger partial charge in [-0.25, -0.2) is 0 Å². The van der Waals surface area contributed by atoms with E-state index < -0.39 is 0 Å². The topological polar surface area (TPSA) is 55.9 Å². The van der Waals surface area contributed by atoms with Crippen LogP contribution in [0.25, 0.3) is 0 Å². The van der Waals surface area contributed by atoms with Crippen molar-refractivity contribution in [3.8, 4) is 0 Å². The fourth-order valence-corrected chi connectivity index (χ4v) is 2.47. The smallest absolute Gasteiger partial charge is 0.0640 e. The average Bonchev–Trinajstić information content (AvgIpc) is 2.96. The maximum atomic E-state index is 5.68. The van der Waals surface area contributed by atoms with Crippen molar-refractivity contribution in [2.45, 2.75) is 51.6 Å². The maximum absolute atomic E-state index is 5.68. The minimum atomic E-state index is 0.282. The maximum Gasteiger partial charge on any atom is 0.0640 e. The molecule has 3 N–H and O–H groups in total. The van der Waals surface area contributed by atoms with Gasteiger partial charge in [0, 0.05) is 24.7 Å². The minimum absolute atomic E-state index is 0.282. The van der Waals surface area contributed by atoms with Crippen LogP contribution in [0, 0.1) is 0 Å². The van der Waals surface area contributed by atoms with E-state index in [0.717, 1.165) is 31.4 Å². The fraction of sp³-hybridized carbons (Fsp3) is 0.471. The lowest BCUT2D eigenvalue weighted by Gasteiger charge is -2.14. The molecule has 0 aliphatic heterocycles. The van der Waals surface area contributed by atoms with E-state index >= 15 is 0 Å². The Hall–Kier alpha value is -1.65. The molecule has 1 aromatic heterocycles. The van der Waals surface area contributed by atoms with Crippen LogP contribution in [0.15, 0.2) is 42.6 Å². The molecule has 4 heteroatoms. The number of rotatable bonds is 8. The highest BCUT2D eigenvalue weighted by atomic mass is 15.3. The summed E-state index contributed by atoms with van der Waals surface area (Å²) < 4.78 is 1.99. The van der Waals surface area contributed by atoms with Gasteiger partial charge >= 0.3 is 0 Å². The Morgan fingerprint density at radius 2 is 1.95 bits per heavy atom.